The minimum Gasteiger partial charge on any atom is -0.497 e. The summed E-state index contributed by atoms with van der Waals surface area (Å²) in [6.45, 7) is 4.12. The summed E-state index contributed by atoms with van der Waals surface area (Å²) in [7, 11) is 1.64. The van der Waals surface area contributed by atoms with Crippen LogP contribution < -0.4 is 14.8 Å². The fraction of sp³-hybridized carbons (Fsp3) is 0.312. The molecule has 0 atom stereocenters. The van der Waals surface area contributed by atoms with Crippen LogP contribution in [-0.2, 0) is 13.2 Å². The van der Waals surface area contributed by atoms with Crippen molar-refractivity contribution < 1.29 is 9.47 Å². The second-order valence-corrected chi connectivity index (χ2v) is 4.92. The van der Waals surface area contributed by atoms with E-state index in [2.05, 4.69) is 17.2 Å². The van der Waals surface area contributed by atoms with Gasteiger partial charge in [-0.2, -0.15) is 0 Å². The van der Waals surface area contributed by atoms with E-state index in [0.29, 0.717) is 11.6 Å². The first-order valence-corrected chi connectivity index (χ1v) is 7.21. The standard InChI is InChI=1S/C16H19ClN2O2/c1-3-18-9-12-4-5-14(20-2)8-16(12)21-11-13-6-7-19-10-15(13)17/h4-8,10,18H,3,9,11H2,1-2H3. The molecule has 0 radical (unpaired) electrons. The Labute approximate surface area is 130 Å². The largest absolute Gasteiger partial charge is 0.497 e. The molecule has 1 aromatic carbocycles. The Morgan fingerprint density at radius 2 is 2.10 bits per heavy atom. The smallest absolute Gasteiger partial charge is 0.127 e. The van der Waals surface area contributed by atoms with Gasteiger partial charge in [-0.05, 0) is 18.7 Å². The minimum atomic E-state index is 0.396. The third-order valence-electron chi connectivity index (χ3n) is 3.08. The fourth-order valence-electron chi connectivity index (χ4n) is 1.88. The molecule has 0 spiro atoms. The van der Waals surface area contributed by atoms with Gasteiger partial charge < -0.3 is 14.8 Å². The zero-order valence-electron chi connectivity index (χ0n) is 12.2. The third kappa shape index (κ3) is 4.34. The van der Waals surface area contributed by atoms with E-state index >= 15 is 0 Å². The molecule has 1 N–H and O–H groups in total. The molecule has 0 aliphatic heterocycles. The Balaban J connectivity index is 2.14. The summed E-state index contributed by atoms with van der Waals surface area (Å²) in [5.41, 5.74) is 1.99. The topological polar surface area (TPSA) is 43.4 Å². The molecule has 1 aromatic heterocycles. The molecular weight excluding hydrogens is 288 g/mol. The predicted octanol–water partition coefficient (Wildman–Crippen LogP) is 3.43. The van der Waals surface area contributed by atoms with Crippen molar-refractivity contribution in [1.82, 2.24) is 10.3 Å². The van der Waals surface area contributed by atoms with Crippen molar-refractivity contribution in [2.24, 2.45) is 0 Å². The Morgan fingerprint density at radius 3 is 2.81 bits per heavy atom. The normalized spacial score (nSPS) is 10.4. The number of ether oxygens (including phenoxy) is 2. The van der Waals surface area contributed by atoms with Crippen molar-refractivity contribution in [3.63, 3.8) is 0 Å². The molecule has 0 unspecified atom stereocenters. The van der Waals surface area contributed by atoms with Crippen molar-refractivity contribution in [3.8, 4) is 11.5 Å². The van der Waals surface area contributed by atoms with E-state index in [1.807, 2.05) is 24.3 Å². The molecule has 0 saturated heterocycles. The fourth-order valence-corrected chi connectivity index (χ4v) is 2.05. The number of halogens is 1. The van der Waals surface area contributed by atoms with Crippen LogP contribution in [0, 0.1) is 0 Å². The van der Waals surface area contributed by atoms with Crippen molar-refractivity contribution in [1.29, 1.82) is 0 Å². The average molecular weight is 307 g/mol. The third-order valence-corrected chi connectivity index (χ3v) is 3.42. The molecule has 0 aliphatic rings. The van der Waals surface area contributed by atoms with Crippen LogP contribution in [0.3, 0.4) is 0 Å². The van der Waals surface area contributed by atoms with E-state index in [1.165, 1.54) is 0 Å². The molecule has 2 rings (SSSR count). The van der Waals surface area contributed by atoms with Gasteiger partial charge in [0.05, 0.1) is 12.1 Å². The van der Waals surface area contributed by atoms with Crippen LogP contribution in [0.2, 0.25) is 5.02 Å². The van der Waals surface area contributed by atoms with Crippen LogP contribution in [0.4, 0.5) is 0 Å². The maximum atomic E-state index is 6.09. The van der Waals surface area contributed by atoms with Crippen LogP contribution >= 0.6 is 11.6 Å². The lowest BCUT2D eigenvalue weighted by molar-refractivity contribution is 0.299. The number of rotatable bonds is 7. The summed E-state index contributed by atoms with van der Waals surface area (Å²) in [6, 6.07) is 7.68. The monoisotopic (exact) mass is 306 g/mol. The zero-order chi connectivity index (χ0) is 15.1. The van der Waals surface area contributed by atoms with Gasteiger partial charge in [-0.15, -0.1) is 0 Å². The summed E-state index contributed by atoms with van der Waals surface area (Å²) >= 11 is 6.09. The maximum Gasteiger partial charge on any atom is 0.127 e. The molecule has 0 saturated carbocycles. The second-order valence-electron chi connectivity index (χ2n) is 4.51. The van der Waals surface area contributed by atoms with Gasteiger partial charge in [-0.3, -0.25) is 4.98 Å². The summed E-state index contributed by atoms with van der Waals surface area (Å²) in [4.78, 5) is 3.97. The lowest BCUT2D eigenvalue weighted by Gasteiger charge is -2.14. The Bertz CT molecular complexity index is 590. The average Bonchev–Trinajstić information content (AvgIpc) is 2.52. The van der Waals surface area contributed by atoms with Crippen molar-refractivity contribution in [2.45, 2.75) is 20.1 Å². The molecular formula is C16H19ClN2O2. The maximum absolute atomic E-state index is 6.09. The molecule has 0 fully saturated rings. The number of aromatic nitrogens is 1. The van der Waals surface area contributed by atoms with Gasteiger partial charge >= 0.3 is 0 Å². The van der Waals surface area contributed by atoms with E-state index in [1.54, 1.807) is 19.5 Å². The number of hydrogen-bond donors (Lipinski definition) is 1. The van der Waals surface area contributed by atoms with Crippen LogP contribution in [0.15, 0.2) is 36.7 Å². The van der Waals surface area contributed by atoms with E-state index in [-0.39, 0.29) is 0 Å². The van der Waals surface area contributed by atoms with Crippen molar-refractivity contribution in [2.75, 3.05) is 13.7 Å². The molecule has 2 aromatic rings. The molecule has 0 aliphatic carbocycles. The number of benzene rings is 1. The summed E-state index contributed by atoms with van der Waals surface area (Å²) in [6.07, 6.45) is 3.32. The number of nitrogens with one attached hydrogen (secondary N) is 1. The van der Waals surface area contributed by atoms with Gasteiger partial charge in [0, 0.05) is 36.1 Å². The van der Waals surface area contributed by atoms with E-state index in [0.717, 1.165) is 35.7 Å². The molecule has 5 heteroatoms. The van der Waals surface area contributed by atoms with Gasteiger partial charge in [0.2, 0.25) is 0 Å². The first-order chi connectivity index (χ1) is 10.2. The molecule has 0 bridgehead atoms. The highest BCUT2D eigenvalue weighted by atomic mass is 35.5. The second kappa shape index (κ2) is 7.86. The number of pyridine rings is 1. The van der Waals surface area contributed by atoms with Gasteiger partial charge in [0.15, 0.2) is 0 Å². The van der Waals surface area contributed by atoms with Crippen molar-refractivity contribution >= 4 is 11.6 Å². The van der Waals surface area contributed by atoms with Gasteiger partial charge in [0.1, 0.15) is 18.1 Å². The highest BCUT2D eigenvalue weighted by molar-refractivity contribution is 6.31. The van der Waals surface area contributed by atoms with Crippen molar-refractivity contribution in [3.05, 3.63) is 52.8 Å². The summed E-state index contributed by atoms with van der Waals surface area (Å²) in [5, 5.41) is 3.90. The molecule has 4 nitrogen and oxygen atoms in total. The minimum absolute atomic E-state index is 0.396. The number of nitrogens with zero attached hydrogens (tertiary/aromatic N) is 1. The lowest BCUT2D eigenvalue weighted by atomic mass is 10.2. The predicted molar refractivity (Wildman–Crippen MR) is 84.0 cm³/mol. The lowest BCUT2D eigenvalue weighted by Crippen LogP contribution is -2.13. The Hall–Kier alpha value is -1.78. The highest BCUT2D eigenvalue weighted by Gasteiger charge is 2.07. The number of hydrogen-bond acceptors (Lipinski definition) is 4. The van der Waals surface area contributed by atoms with E-state index in [4.69, 9.17) is 21.1 Å². The quantitative estimate of drug-likeness (QED) is 0.851. The van der Waals surface area contributed by atoms with Crippen LogP contribution in [0.25, 0.3) is 0 Å². The highest BCUT2D eigenvalue weighted by Crippen LogP contribution is 2.26. The molecule has 21 heavy (non-hydrogen) atoms. The van der Waals surface area contributed by atoms with Crippen LogP contribution in [-0.4, -0.2) is 18.6 Å². The molecule has 112 valence electrons. The Morgan fingerprint density at radius 1 is 1.24 bits per heavy atom. The van der Waals surface area contributed by atoms with E-state index in [9.17, 15) is 0 Å². The molecule has 1 heterocycles. The first-order valence-electron chi connectivity index (χ1n) is 6.83. The Kier molecular flexibility index (Phi) is 5.84. The number of methoxy groups -OCH3 is 1. The SMILES string of the molecule is CCNCc1ccc(OC)cc1OCc1ccncc1Cl. The van der Waals surface area contributed by atoms with E-state index < -0.39 is 0 Å². The van der Waals surface area contributed by atoms with Gasteiger partial charge in [0.25, 0.3) is 0 Å². The van der Waals surface area contributed by atoms with Crippen LogP contribution in [0.1, 0.15) is 18.1 Å². The van der Waals surface area contributed by atoms with Gasteiger partial charge in [-0.1, -0.05) is 24.6 Å². The zero-order valence-corrected chi connectivity index (χ0v) is 13.0. The first kappa shape index (κ1) is 15.6. The summed E-state index contributed by atoms with van der Waals surface area (Å²) < 4.78 is 11.2. The van der Waals surface area contributed by atoms with Gasteiger partial charge in [-0.25, -0.2) is 0 Å². The summed E-state index contributed by atoms with van der Waals surface area (Å²) in [5.74, 6) is 1.56. The van der Waals surface area contributed by atoms with Crippen LogP contribution in [0.5, 0.6) is 11.5 Å². The molecule has 0 amide bonds.